The highest BCUT2D eigenvalue weighted by molar-refractivity contribution is 5.94. The first-order valence-electron chi connectivity index (χ1n) is 41.1. The molecule has 0 bridgehead atoms. The predicted molar refractivity (Wildman–Crippen MR) is 461 cm³/mol. The molecule has 0 aromatic heterocycles. The van der Waals surface area contributed by atoms with E-state index in [1.54, 1.807) is 88.0 Å². The van der Waals surface area contributed by atoms with Crippen LogP contribution in [-0.4, -0.2) is 183 Å². The van der Waals surface area contributed by atoms with E-state index in [1.165, 1.54) is 59.1 Å². The van der Waals surface area contributed by atoms with Gasteiger partial charge in [0, 0.05) is 89.3 Å². The Hall–Kier alpha value is -9.92. The average Bonchev–Trinajstić information content (AvgIpc) is 0.818. The summed E-state index contributed by atoms with van der Waals surface area (Å²) in [6, 6.07) is 28.3. The number of Topliss-reactive ketones (excluding diaryl/α,β-unsaturated/α-hetero) is 4. The molecule has 0 fully saturated rings. The molecule has 3 rings (SSSR count). The first-order valence-corrected chi connectivity index (χ1v) is 41.1. The van der Waals surface area contributed by atoms with Crippen LogP contribution < -0.4 is 0 Å². The number of ketones is 5. The fourth-order valence-corrected chi connectivity index (χ4v) is 10.7. The van der Waals surface area contributed by atoms with Crippen LogP contribution in [0.5, 0.6) is 0 Å². The second-order valence-electron chi connectivity index (χ2n) is 28.6. The zero-order chi connectivity index (χ0) is 91.9. The standard InChI is InChI=1S/C53H72O16.C11H16O4.C8H8.C7H10O3.3C5H12O/c1-9-64-48(58)31-41(38(8)56)27-34(4)50(60)67-25-18-26-68-51(61)35(5)28-42(29-36(6)54)52(62)69-33-47(57)45(32-49(59)65-10-2)43(39-19-14-12-15-20-39)23-24-44(40-21-16-13-17-22-40)46(30-37(7)55)53(63)66-11-3;1-8(2)10(12)14-6-5-7-15-11(13)9(3)4;1-2-8-6-4-3-5-7-8;1-3-10-7(9)5-4-6(2)8;1-5(2)4-6-3;1-4-5(2)6-3;1-3-4-5-6-2/h12-17,19-22,34-35,41-46H,9-11,18,23-33H2,1-8H3;1,3,5-7H2,2,4H3;2-7H,1H2;4-5H,3H2,1-2H3;2*5H,4H2,1-3H3;3-5H2,1-2H3/b;;;5-4+;;;. The molecular formula is C94H142O26. The van der Waals surface area contributed by atoms with E-state index in [0.717, 1.165) is 31.3 Å². The van der Waals surface area contributed by atoms with Crippen molar-refractivity contribution in [1.82, 2.24) is 0 Å². The van der Waals surface area contributed by atoms with Gasteiger partial charge in [-0.25, -0.2) is 14.4 Å². The summed E-state index contributed by atoms with van der Waals surface area (Å²) < 4.78 is 60.5. The Bertz CT molecular complexity index is 3440. The summed E-state index contributed by atoms with van der Waals surface area (Å²) in [6.45, 7) is 41.3. The van der Waals surface area contributed by atoms with Crippen LogP contribution in [0, 0.1) is 41.4 Å². The van der Waals surface area contributed by atoms with Gasteiger partial charge in [0.2, 0.25) is 0 Å². The lowest BCUT2D eigenvalue weighted by atomic mass is 9.73. The summed E-state index contributed by atoms with van der Waals surface area (Å²) in [4.78, 5) is 172. The normalized spacial score (nSPS) is 12.5. The van der Waals surface area contributed by atoms with Gasteiger partial charge in [0.15, 0.2) is 11.6 Å². The summed E-state index contributed by atoms with van der Waals surface area (Å²) in [5.74, 6) is -12.5. The van der Waals surface area contributed by atoms with Crippen LogP contribution in [0.2, 0.25) is 0 Å². The van der Waals surface area contributed by atoms with Gasteiger partial charge in [0.1, 0.15) is 24.0 Å². The lowest BCUT2D eigenvalue weighted by Crippen LogP contribution is -2.33. The number of rotatable bonds is 51. The van der Waals surface area contributed by atoms with Gasteiger partial charge in [0.25, 0.3) is 0 Å². The van der Waals surface area contributed by atoms with Gasteiger partial charge in [-0.15, -0.1) is 0 Å². The van der Waals surface area contributed by atoms with Crippen LogP contribution in [0.3, 0.4) is 0 Å². The molecule has 26 nitrogen and oxygen atoms in total. The smallest absolute Gasteiger partial charge is 0.333 e. The van der Waals surface area contributed by atoms with Crippen molar-refractivity contribution in [2.75, 3.05) is 94.0 Å². The van der Waals surface area contributed by atoms with Crippen molar-refractivity contribution in [2.24, 2.45) is 41.4 Å². The van der Waals surface area contributed by atoms with E-state index in [9.17, 15) is 67.1 Å². The monoisotopic (exact) mass is 1690 g/mol. The highest BCUT2D eigenvalue weighted by Gasteiger charge is 2.38. The third kappa shape index (κ3) is 62.3. The molecule has 3 aromatic rings. The Labute approximate surface area is 714 Å². The van der Waals surface area contributed by atoms with E-state index < -0.39 is 113 Å². The lowest BCUT2D eigenvalue weighted by Gasteiger charge is -2.30. The topological polar surface area (TPSA) is 350 Å². The van der Waals surface area contributed by atoms with Crippen LogP contribution in [0.1, 0.15) is 230 Å². The van der Waals surface area contributed by atoms with Crippen molar-refractivity contribution >= 4 is 88.7 Å². The summed E-state index contributed by atoms with van der Waals surface area (Å²) in [7, 11) is 5.18. The molecule has 3 aromatic carbocycles. The molecular weight excluding hydrogens is 1550 g/mol. The minimum absolute atomic E-state index is 0.0532. The molecule has 0 N–H and O–H groups in total. The molecule has 9 atom stereocenters. The molecule has 0 radical (unpaired) electrons. The lowest BCUT2D eigenvalue weighted by molar-refractivity contribution is -0.157. The van der Waals surface area contributed by atoms with E-state index in [0.29, 0.717) is 48.2 Å². The van der Waals surface area contributed by atoms with E-state index in [1.807, 2.05) is 78.9 Å². The van der Waals surface area contributed by atoms with Crippen molar-refractivity contribution in [2.45, 2.75) is 219 Å². The number of esters is 9. The van der Waals surface area contributed by atoms with Gasteiger partial charge in [-0.2, -0.15) is 0 Å². The SMILES string of the molecule is C=C(C)C(=O)OCCCOC(=O)C(=C)C.C=Cc1ccccc1.CCC(C)OC.CCCCOC.CCOC(=O)/C=C/C(C)=O.CCOC(=O)CC(CC(C)C(=O)OCCCOC(=O)C(C)CC(CC(C)=O)C(=O)OCC(=O)C(CC(=O)OCC)C(CCC(c1ccccc1)C(CC(C)=O)C(=O)OCC)c1ccccc1)C(C)=O.COCC(C)C. The fourth-order valence-electron chi connectivity index (χ4n) is 10.7. The van der Waals surface area contributed by atoms with Gasteiger partial charge in [-0.1, -0.05) is 165 Å². The predicted octanol–water partition coefficient (Wildman–Crippen LogP) is 16.2. The minimum Gasteiger partial charge on any atom is -0.466 e. The van der Waals surface area contributed by atoms with Crippen LogP contribution in [0.25, 0.3) is 6.08 Å². The number of benzene rings is 3. The Morgan fingerprint density at radius 2 is 0.858 bits per heavy atom. The van der Waals surface area contributed by atoms with Crippen LogP contribution in [0.4, 0.5) is 0 Å². The molecule has 120 heavy (non-hydrogen) atoms. The fraction of sp³-hybridized carbons (Fsp3) is 0.574. The van der Waals surface area contributed by atoms with E-state index in [-0.39, 0.29) is 121 Å². The van der Waals surface area contributed by atoms with Crippen LogP contribution in [0.15, 0.2) is 134 Å². The second-order valence-corrected chi connectivity index (χ2v) is 28.6. The maximum absolute atomic E-state index is 14.3. The summed E-state index contributed by atoms with van der Waals surface area (Å²) in [5.41, 5.74) is 3.38. The number of carbonyl (C=O) groups is 14. The molecule has 674 valence electrons. The molecule has 0 amide bonds. The van der Waals surface area contributed by atoms with Crippen molar-refractivity contribution < 1.29 is 124 Å². The molecule has 0 aliphatic rings. The molecule has 0 saturated carbocycles. The maximum atomic E-state index is 14.3. The van der Waals surface area contributed by atoms with Crippen molar-refractivity contribution in [3.63, 3.8) is 0 Å². The van der Waals surface area contributed by atoms with Gasteiger partial charge in [-0.3, -0.25) is 43.2 Å². The largest absolute Gasteiger partial charge is 0.466 e. The van der Waals surface area contributed by atoms with Crippen molar-refractivity contribution in [3.05, 3.63) is 151 Å². The summed E-state index contributed by atoms with van der Waals surface area (Å²) >= 11 is 0. The van der Waals surface area contributed by atoms with Gasteiger partial charge in [0.05, 0.1) is 95.5 Å². The average molecular weight is 1690 g/mol. The minimum atomic E-state index is -1.12. The zero-order valence-corrected chi connectivity index (χ0v) is 75.4. The highest BCUT2D eigenvalue weighted by atomic mass is 16.6. The number of hydrogen-bond donors (Lipinski definition) is 0. The zero-order valence-electron chi connectivity index (χ0n) is 75.4. The molecule has 0 heterocycles. The number of allylic oxidation sites excluding steroid dienone is 1. The quantitative estimate of drug-likeness (QED) is 0.0219. The van der Waals surface area contributed by atoms with Gasteiger partial charge in [-0.05, 0) is 155 Å². The third-order valence-corrected chi connectivity index (χ3v) is 17.2. The second kappa shape index (κ2) is 74.2. The molecule has 26 heteroatoms. The van der Waals surface area contributed by atoms with Gasteiger partial charge >= 0.3 is 53.7 Å². The van der Waals surface area contributed by atoms with E-state index in [4.69, 9.17) is 52.1 Å². The van der Waals surface area contributed by atoms with Crippen LogP contribution in [-0.2, 0) is 124 Å². The Morgan fingerprint density at radius 3 is 1.20 bits per heavy atom. The highest BCUT2D eigenvalue weighted by Crippen LogP contribution is 2.40. The number of unbranched alkanes of at least 4 members (excludes halogenated alkanes) is 1. The van der Waals surface area contributed by atoms with Crippen molar-refractivity contribution in [1.29, 1.82) is 0 Å². The molecule has 0 spiro atoms. The van der Waals surface area contributed by atoms with E-state index >= 15 is 0 Å². The molecule has 0 aliphatic heterocycles. The maximum Gasteiger partial charge on any atom is 0.333 e. The number of carbonyl (C=O) groups excluding carboxylic acids is 14. The number of hydrogen-bond acceptors (Lipinski definition) is 26. The van der Waals surface area contributed by atoms with Gasteiger partial charge < -0.3 is 66.4 Å². The molecule has 0 aliphatic carbocycles. The first kappa shape index (κ1) is 116. The Morgan fingerprint density at radius 1 is 0.425 bits per heavy atom. The summed E-state index contributed by atoms with van der Waals surface area (Å²) in [5, 5.41) is 0. The first-order chi connectivity index (χ1) is 56.9. The van der Waals surface area contributed by atoms with Crippen LogP contribution >= 0.6 is 0 Å². The number of ether oxygens (including phenoxy) is 12. The third-order valence-electron chi connectivity index (χ3n) is 17.2. The Kier molecular flexibility index (Phi) is 71.9. The molecule has 0 saturated heterocycles. The summed E-state index contributed by atoms with van der Waals surface area (Å²) in [6.07, 6.45) is 8.35. The van der Waals surface area contributed by atoms with E-state index in [2.05, 4.69) is 59.1 Å². The molecule has 9 unspecified atom stereocenters. The van der Waals surface area contributed by atoms with Crippen molar-refractivity contribution in [3.8, 4) is 0 Å². The number of methoxy groups -OCH3 is 3. The Balaban J connectivity index is -0.00000104.